The fourth-order valence-corrected chi connectivity index (χ4v) is 2.19. The first kappa shape index (κ1) is 14.6. The summed E-state index contributed by atoms with van der Waals surface area (Å²) in [6, 6.07) is 8.29. The van der Waals surface area contributed by atoms with Crippen LogP contribution in [0.2, 0.25) is 5.15 Å². The smallest absolute Gasteiger partial charge is 0.298 e. The lowest BCUT2D eigenvalue weighted by Crippen LogP contribution is -2.12. The second kappa shape index (κ2) is 5.28. The molecule has 106 valence electrons. The van der Waals surface area contributed by atoms with Gasteiger partial charge in [-0.15, -0.1) is 0 Å². The van der Waals surface area contributed by atoms with Gasteiger partial charge in [-0.05, 0) is 12.5 Å². The second-order valence-corrected chi connectivity index (χ2v) is 4.56. The summed E-state index contributed by atoms with van der Waals surface area (Å²) >= 11 is 5.85. The van der Waals surface area contributed by atoms with Crippen LogP contribution in [-0.4, -0.2) is 16.1 Å². The van der Waals surface area contributed by atoms with E-state index in [1.807, 2.05) is 0 Å². The molecule has 1 unspecified atom stereocenters. The first-order valence-corrected chi connectivity index (χ1v) is 6.09. The van der Waals surface area contributed by atoms with Crippen LogP contribution in [0.4, 0.5) is 13.2 Å². The third-order valence-electron chi connectivity index (χ3n) is 2.92. The van der Waals surface area contributed by atoms with Crippen LogP contribution in [0, 0.1) is 0 Å². The normalized spacial score (nSPS) is 13.2. The number of carbonyl (C=O) groups is 1. The third kappa shape index (κ3) is 2.56. The minimum Gasteiger partial charge on any atom is -0.298 e. The Hall–Kier alpha value is -1.82. The van der Waals surface area contributed by atoms with Gasteiger partial charge < -0.3 is 0 Å². The minimum atomic E-state index is -4.72. The molecule has 1 aromatic heterocycles. The fraction of sp³-hybridized carbons (Fsp3) is 0.231. The van der Waals surface area contributed by atoms with Crippen molar-refractivity contribution in [2.45, 2.75) is 19.1 Å². The van der Waals surface area contributed by atoms with Gasteiger partial charge in [0.15, 0.2) is 12.0 Å². The van der Waals surface area contributed by atoms with E-state index in [4.69, 9.17) is 11.6 Å². The number of benzene rings is 1. The number of aromatic nitrogens is 2. The van der Waals surface area contributed by atoms with Crippen molar-refractivity contribution in [2.75, 3.05) is 0 Å². The summed E-state index contributed by atoms with van der Waals surface area (Å²) in [6.45, 7) is 1.66. The van der Waals surface area contributed by atoms with Gasteiger partial charge in [0, 0.05) is 0 Å². The molecule has 0 radical (unpaired) electrons. The number of hydrogen-bond acceptors (Lipinski definition) is 2. The molecule has 2 aromatic rings. The first-order valence-electron chi connectivity index (χ1n) is 5.71. The van der Waals surface area contributed by atoms with E-state index in [2.05, 4.69) is 5.10 Å². The summed E-state index contributed by atoms with van der Waals surface area (Å²) in [4.78, 5) is 10.8. The monoisotopic (exact) mass is 302 g/mol. The van der Waals surface area contributed by atoms with Crippen molar-refractivity contribution < 1.29 is 18.0 Å². The minimum absolute atomic E-state index is 0.0758. The number of hydrogen-bond donors (Lipinski definition) is 0. The Morgan fingerprint density at radius 1 is 1.30 bits per heavy atom. The summed E-state index contributed by atoms with van der Waals surface area (Å²) < 4.78 is 39.4. The predicted octanol–water partition coefficient (Wildman–Crippen LogP) is 3.98. The average Bonchev–Trinajstić information content (AvgIpc) is 2.76. The van der Waals surface area contributed by atoms with Gasteiger partial charge >= 0.3 is 6.18 Å². The SMILES string of the molecule is CC(c1ccccc1)n1nc(C(F)(F)F)c(C=O)c1Cl. The molecule has 20 heavy (non-hydrogen) atoms. The molecule has 7 heteroatoms. The number of rotatable bonds is 3. The zero-order valence-corrected chi connectivity index (χ0v) is 11.1. The molecule has 1 aromatic carbocycles. The molecule has 0 fully saturated rings. The molecule has 0 saturated heterocycles. The number of alkyl halides is 3. The Kier molecular flexibility index (Phi) is 3.85. The molecule has 0 bridgehead atoms. The standard InChI is InChI=1S/C13H10ClF3N2O/c1-8(9-5-3-2-4-6-9)19-12(14)10(7-20)11(18-19)13(15,16)17/h2-8H,1H3. The molecule has 0 N–H and O–H groups in total. The predicted molar refractivity (Wildman–Crippen MR) is 67.9 cm³/mol. The molecular weight excluding hydrogens is 293 g/mol. The number of carbonyl (C=O) groups excluding carboxylic acids is 1. The van der Waals surface area contributed by atoms with Crippen molar-refractivity contribution in [3.63, 3.8) is 0 Å². The van der Waals surface area contributed by atoms with E-state index in [1.54, 1.807) is 37.3 Å². The highest BCUT2D eigenvalue weighted by atomic mass is 35.5. The fourth-order valence-electron chi connectivity index (χ4n) is 1.87. The van der Waals surface area contributed by atoms with Crippen molar-refractivity contribution in [1.82, 2.24) is 9.78 Å². The van der Waals surface area contributed by atoms with Crippen LogP contribution in [0.3, 0.4) is 0 Å². The van der Waals surface area contributed by atoms with E-state index in [9.17, 15) is 18.0 Å². The topological polar surface area (TPSA) is 34.9 Å². The largest absolute Gasteiger partial charge is 0.435 e. The van der Waals surface area contributed by atoms with Gasteiger partial charge in [0.2, 0.25) is 0 Å². The van der Waals surface area contributed by atoms with Gasteiger partial charge in [-0.1, -0.05) is 41.9 Å². The molecule has 0 aliphatic rings. The molecule has 0 spiro atoms. The summed E-state index contributed by atoms with van der Waals surface area (Å²) in [7, 11) is 0. The Morgan fingerprint density at radius 3 is 2.35 bits per heavy atom. The Balaban J connectivity index is 2.54. The molecule has 1 atom stereocenters. The maximum atomic E-state index is 12.8. The van der Waals surface area contributed by atoms with Crippen LogP contribution in [-0.2, 0) is 6.18 Å². The molecule has 3 nitrogen and oxygen atoms in total. The highest BCUT2D eigenvalue weighted by molar-refractivity contribution is 6.32. The van der Waals surface area contributed by atoms with Crippen LogP contribution in [0.25, 0.3) is 0 Å². The van der Waals surface area contributed by atoms with Gasteiger partial charge in [-0.25, -0.2) is 4.68 Å². The van der Waals surface area contributed by atoms with Crippen molar-refractivity contribution in [3.05, 3.63) is 52.3 Å². The van der Waals surface area contributed by atoms with Gasteiger partial charge in [-0.2, -0.15) is 18.3 Å². The summed E-state index contributed by atoms with van der Waals surface area (Å²) in [6.07, 6.45) is -4.64. The molecular formula is C13H10ClF3N2O. The second-order valence-electron chi connectivity index (χ2n) is 4.20. The third-order valence-corrected chi connectivity index (χ3v) is 3.30. The lowest BCUT2D eigenvalue weighted by atomic mass is 10.1. The van der Waals surface area contributed by atoms with Gasteiger partial charge in [0.25, 0.3) is 0 Å². The molecule has 0 aliphatic carbocycles. The van der Waals surface area contributed by atoms with Gasteiger partial charge in [0.1, 0.15) is 5.15 Å². The van der Waals surface area contributed by atoms with Crippen molar-refractivity contribution in [3.8, 4) is 0 Å². The molecule has 0 saturated carbocycles. The van der Waals surface area contributed by atoms with Crippen molar-refractivity contribution in [1.29, 1.82) is 0 Å². The molecule has 0 aliphatic heterocycles. The zero-order chi connectivity index (χ0) is 14.9. The Morgan fingerprint density at radius 2 is 1.90 bits per heavy atom. The molecule has 1 heterocycles. The maximum Gasteiger partial charge on any atom is 0.435 e. The van der Waals surface area contributed by atoms with Crippen molar-refractivity contribution in [2.24, 2.45) is 0 Å². The van der Waals surface area contributed by atoms with Crippen LogP contribution in [0.15, 0.2) is 30.3 Å². The van der Waals surface area contributed by atoms with E-state index in [0.717, 1.165) is 10.2 Å². The van der Waals surface area contributed by atoms with E-state index < -0.39 is 23.5 Å². The van der Waals surface area contributed by atoms with E-state index in [0.29, 0.717) is 0 Å². The maximum absolute atomic E-state index is 12.8. The number of nitrogens with zero attached hydrogens (tertiary/aromatic N) is 2. The van der Waals surface area contributed by atoms with Crippen LogP contribution >= 0.6 is 11.6 Å². The van der Waals surface area contributed by atoms with Crippen LogP contribution < -0.4 is 0 Å². The van der Waals surface area contributed by atoms with Crippen molar-refractivity contribution >= 4 is 17.9 Å². The molecule has 2 rings (SSSR count). The first-order chi connectivity index (χ1) is 9.36. The quantitative estimate of drug-likeness (QED) is 0.804. The van der Waals surface area contributed by atoms with Gasteiger partial charge in [0.05, 0.1) is 11.6 Å². The lowest BCUT2D eigenvalue weighted by molar-refractivity contribution is -0.141. The van der Waals surface area contributed by atoms with E-state index >= 15 is 0 Å². The van der Waals surface area contributed by atoms with Crippen LogP contribution in [0.1, 0.15) is 34.6 Å². The summed E-state index contributed by atoms with van der Waals surface area (Å²) in [5.74, 6) is 0. The number of halogens is 4. The Labute approximate surface area is 118 Å². The Bertz CT molecular complexity index is 623. The summed E-state index contributed by atoms with van der Waals surface area (Å²) in [5, 5.41) is 3.14. The summed E-state index contributed by atoms with van der Waals surface area (Å²) in [5.41, 5.74) is -1.16. The van der Waals surface area contributed by atoms with E-state index in [-0.39, 0.29) is 11.4 Å². The van der Waals surface area contributed by atoms with Crippen LogP contribution in [0.5, 0.6) is 0 Å². The average molecular weight is 303 g/mol. The highest BCUT2D eigenvalue weighted by Crippen LogP contribution is 2.35. The zero-order valence-electron chi connectivity index (χ0n) is 10.4. The lowest BCUT2D eigenvalue weighted by Gasteiger charge is -2.13. The van der Waals surface area contributed by atoms with E-state index in [1.165, 1.54) is 0 Å². The van der Waals surface area contributed by atoms with Gasteiger partial charge in [-0.3, -0.25) is 4.79 Å². The molecule has 0 amide bonds. The highest BCUT2D eigenvalue weighted by Gasteiger charge is 2.39. The number of aldehydes is 1.